The number of hydrogen-bond donors (Lipinski definition) is 1. The first kappa shape index (κ1) is 18.8. The number of amides is 1. The number of nitrogens with one attached hydrogen (secondary N) is 1. The topological polar surface area (TPSA) is 110 Å². The molecule has 10 heteroatoms. The minimum absolute atomic E-state index is 0.00516. The standard InChI is InChI=1S/C17H18ClN5O4/c1-2-15(24)21-8-7-11(10-21)20-14-9-19-22(17(25)16(14)18)12-3-5-13(6-4-12)23(26)27/h3-6,9,11,20H,2,7-8,10H2,1H3. The Labute approximate surface area is 159 Å². The van der Waals surface area contributed by atoms with Crippen LogP contribution in [0.25, 0.3) is 5.69 Å². The van der Waals surface area contributed by atoms with Gasteiger partial charge in [-0.2, -0.15) is 9.78 Å². The predicted molar refractivity (Wildman–Crippen MR) is 100 cm³/mol. The van der Waals surface area contributed by atoms with Crippen LogP contribution < -0.4 is 10.9 Å². The third-order valence-corrected chi connectivity index (χ3v) is 4.79. The van der Waals surface area contributed by atoms with Gasteiger partial charge in [-0.15, -0.1) is 0 Å². The smallest absolute Gasteiger partial charge is 0.292 e. The molecule has 27 heavy (non-hydrogen) atoms. The third kappa shape index (κ3) is 3.92. The van der Waals surface area contributed by atoms with Gasteiger partial charge < -0.3 is 10.2 Å². The van der Waals surface area contributed by atoms with Crippen LogP contribution >= 0.6 is 11.6 Å². The molecule has 0 aliphatic carbocycles. The number of benzene rings is 1. The summed E-state index contributed by atoms with van der Waals surface area (Å²) in [4.78, 5) is 36.3. The van der Waals surface area contributed by atoms with E-state index in [1.165, 1.54) is 30.5 Å². The minimum atomic E-state index is -0.532. The summed E-state index contributed by atoms with van der Waals surface area (Å²) in [6.07, 6.45) is 2.66. The molecule has 3 rings (SSSR count). The maximum atomic E-state index is 12.5. The zero-order valence-corrected chi connectivity index (χ0v) is 15.3. The maximum Gasteiger partial charge on any atom is 0.292 e. The molecule has 2 aromatic rings. The van der Waals surface area contributed by atoms with E-state index in [4.69, 9.17) is 11.6 Å². The number of aromatic nitrogens is 2. The molecule has 1 N–H and O–H groups in total. The normalized spacial score (nSPS) is 16.4. The van der Waals surface area contributed by atoms with Crippen LogP contribution in [0, 0.1) is 10.1 Å². The number of halogens is 1. The van der Waals surface area contributed by atoms with E-state index in [9.17, 15) is 19.7 Å². The highest BCUT2D eigenvalue weighted by molar-refractivity contribution is 6.33. The summed E-state index contributed by atoms with van der Waals surface area (Å²) >= 11 is 6.21. The van der Waals surface area contributed by atoms with Crippen molar-refractivity contribution in [2.24, 2.45) is 0 Å². The number of rotatable bonds is 5. The quantitative estimate of drug-likeness (QED) is 0.618. The molecule has 1 aromatic heterocycles. The molecule has 1 saturated heterocycles. The Bertz CT molecular complexity index is 928. The van der Waals surface area contributed by atoms with Crippen molar-refractivity contribution in [2.45, 2.75) is 25.8 Å². The summed E-state index contributed by atoms with van der Waals surface area (Å²) in [5.74, 6) is 0.0945. The first-order valence-electron chi connectivity index (χ1n) is 8.47. The summed E-state index contributed by atoms with van der Waals surface area (Å²) in [5, 5.41) is 18.0. The number of non-ortho nitro benzene ring substituents is 1. The van der Waals surface area contributed by atoms with E-state index in [0.717, 1.165) is 11.1 Å². The number of anilines is 1. The summed E-state index contributed by atoms with van der Waals surface area (Å²) < 4.78 is 1.08. The number of nitro benzene ring substituents is 1. The molecule has 2 heterocycles. The van der Waals surface area contributed by atoms with Gasteiger partial charge in [-0.3, -0.25) is 19.7 Å². The van der Waals surface area contributed by atoms with Crippen molar-refractivity contribution in [3.63, 3.8) is 0 Å². The third-order valence-electron chi connectivity index (χ3n) is 4.43. The number of hydrogen-bond acceptors (Lipinski definition) is 6. The molecule has 1 aliphatic rings. The van der Waals surface area contributed by atoms with E-state index in [2.05, 4.69) is 10.4 Å². The lowest BCUT2D eigenvalue weighted by molar-refractivity contribution is -0.384. The van der Waals surface area contributed by atoms with Crippen molar-refractivity contribution in [3.8, 4) is 5.69 Å². The second-order valence-electron chi connectivity index (χ2n) is 6.19. The lowest BCUT2D eigenvalue weighted by atomic mass is 10.2. The molecule has 9 nitrogen and oxygen atoms in total. The molecule has 1 aliphatic heterocycles. The number of nitro groups is 1. The monoisotopic (exact) mass is 391 g/mol. The SMILES string of the molecule is CCC(=O)N1CCC(Nc2cnn(-c3ccc([N+](=O)[O-])cc3)c(=O)c2Cl)C1. The van der Waals surface area contributed by atoms with Gasteiger partial charge in [-0.1, -0.05) is 18.5 Å². The zero-order valence-electron chi connectivity index (χ0n) is 14.6. The van der Waals surface area contributed by atoms with Gasteiger partial charge in [0.15, 0.2) is 0 Å². The van der Waals surface area contributed by atoms with Crippen LogP contribution in [0.5, 0.6) is 0 Å². The molecule has 1 aromatic carbocycles. The van der Waals surface area contributed by atoms with Crippen LogP contribution in [-0.4, -0.2) is 44.6 Å². The van der Waals surface area contributed by atoms with Crippen molar-refractivity contribution in [3.05, 3.63) is 56.0 Å². The van der Waals surface area contributed by atoms with E-state index in [1.807, 2.05) is 6.92 Å². The lowest BCUT2D eigenvalue weighted by Gasteiger charge is -2.17. The number of likely N-dealkylation sites (tertiary alicyclic amines) is 1. The van der Waals surface area contributed by atoms with Crippen LogP contribution in [0.15, 0.2) is 35.3 Å². The second kappa shape index (κ2) is 7.75. The molecular weight excluding hydrogens is 374 g/mol. The van der Waals surface area contributed by atoms with Gasteiger partial charge in [0.05, 0.1) is 22.5 Å². The zero-order chi connectivity index (χ0) is 19.6. The maximum absolute atomic E-state index is 12.5. The van der Waals surface area contributed by atoms with Gasteiger partial charge in [0.2, 0.25) is 5.91 Å². The van der Waals surface area contributed by atoms with Crippen molar-refractivity contribution in [2.75, 3.05) is 18.4 Å². The van der Waals surface area contributed by atoms with Crippen molar-refractivity contribution in [1.82, 2.24) is 14.7 Å². The van der Waals surface area contributed by atoms with Gasteiger partial charge in [0.25, 0.3) is 11.2 Å². The molecule has 142 valence electrons. The number of carbonyl (C=O) groups excluding carboxylic acids is 1. The highest BCUT2D eigenvalue weighted by Gasteiger charge is 2.26. The van der Waals surface area contributed by atoms with Gasteiger partial charge in [0.1, 0.15) is 5.02 Å². The van der Waals surface area contributed by atoms with Crippen molar-refractivity contribution >= 4 is 28.9 Å². The molecule has 1 atom stereocenters. The Kier molecular flexibility index (Phi) is 5.41. The highest BCUT2D eigenvalue weighted by Crippen LogP contribution is 2.22. The molecule has 1 fully saturated rings. The molecule has 1 unspecified atom stereocenters. The minimum Gasteiger partial charge on any atom is -0.378 e. The average molecular weight is 392 g/mol. The first-order valence-corrected chi connectivity index (χ1v) is 8.85. The Morgan fingerprint density at radius 1 is 1.41 bits per heavy atom. The second-order valence-corrected chi connectivity index (χ2v) is 6.56. The Morgan fingerprint density at radius 3 is 2.74 bits per heavy atom. The molecule has 0 spiro atoms. The Hall–Kier alpha value is -2.94. The number of nitrogens with zero attached hydrogens (tertiary/aromatic N) is 4. The summed E-state index contributed by atoms with van der Waals surface area (Å²) in [5.41, 5.74) is 0.161. The van der Waals surface area contributed by atoms with E-state index in [0.29, 0.717) is 30.9 Å². The molecule has 0 radical (unpaired) electrons. The molecular formula is C17H18ClN5O4. The van der Waals surface area contributed by atoms with Gasteiger partial charge in [0, 0.05) is 37.7 Å². The fourth-order valence-electron chi connectivity index (χ4n) is 2.98. The Morgan fingerprint density at radius 2 is 2.11 bits per heavy atom. The van der Waals surface area contributed by atoms with Gasteiger partial charge >= 0.3 is 0 Å². The largest absolute Gasteiger partial charge is 0.378 e. The van der Waals surface area contributed by atoms with Crippen LogP contribution in [0.1, 0.15) is 19.8 Å². The van der Waals surface area contributed by atoms with Crippen LogP contribution in [0.3, 0.4) is 0 Å². The predicted octanol–water partition coefficient (Wildman–Crippen LogP) is 2.22. The molecule has 0 saturated carbocycles. The van der Waals surface area contributed by atoms with Crippen LogP contribution in [0.4, 0.5) is 11.4 Å². The van der Waals surface area contributed by atoms with Gasteiger partial charge in [-0.25, -0.2) is 0 Å². The fourth-order valence-corrected chi connectivity index (χ4v) is 3.16. The molecule has 0 bridgehead atoms. The summed E-state index contributed by atoms with van der Waals surface area (Å²) in [7, 11) is 0. The van der Waals surface area contributed by atoms with Crippen molar-refractivity contribution < 1.29 is 9.72 Å². The van der Waals surface area contributed by atoms with E-state index < -0.39 is 10.5 Å². The van der Waals surface area contributed by atoms with E-state index in [-0.39, 0.29) is 22.7 Å². The van der Waals surface area contributed by atoms with Gasteiger partial charge in [-0.05, 0) is 18.6 Å². The Balaban J connectivity index is 1.78. The fraction of sp³-hybridized carbons (Fsp3) is 0.353. The van der Waals surface area contributed by atoms with Crippen LogP contribution in [0.2, 0.25) is 5.02 Å². The van der Waals surface area contributed by atoms with Crippen molar-refractivity contribution in [1.29, 1.82) is 0 Å². The summed E-state index contributed by atoms with van der Waals surface area (Å²) in [6, 6.07) is 5.44. The average Bonchev–Trinajstić information content (AvgIpc) is 3.14. The lowest BCUT2D eigenvalue weighted by Crippen LogP contribution is -2.31. The molecule has 1 amide bonds. The van der Waals surface area contributed by atoms with E-state index >= 15 is 0 Å². The van der Waals surface area contributed by atoms with Crippen LogP contribution in [-0.2, 0) is 4.79 Å². The highest BCUT2D eigenvalue weighted by atomic mass is 35.5. The number of carbonyl (C=O) groups is 1. The van der Waals surface area contributed by atoms with E-state index in [1.54, 1.807) is 4.90 Å². The first-order chi connectivity index (χ1) is 12.9. The summed E-state index contributed by atoms with van der Waals surface area (Å²) in [6.45, 7) is 3.03.